The number of benzene rings is 2. The fraction of sp³-hybridized carbons (Fsp3) is 0.286. The van der Waals surface area contributed by atoms with Gasteiger partial charge in [-0.1, -0.05) is 43.2 Å². The summed E-state index contributed by atoms with van der Waals surface area (Å²) in [6.45, 7) is 4.14. The quantitative estimate of drug-likeness (QED) is 0.638. The summed E-state index contributed by atoms with van der Waals surface area (Å²) in [5, 5.41) is 10.4. The molecule has 0 aliphatic carbocycles. The van der Waals surface area contributed by atoms with Crippen LogP contribution in [-0.4, -0.2) is 29.8 Å². The van der Waals surface area contributed by atoms with E-state index in [4.69, 9.17) is 13.9 Å². The molecule has 146 valence electrons. The molecule has 28 heavy (non-hydrogen) atoms. The van der Waals surface area contributed by atoms with E-state index in [1.807, 2.05) is 12.1 Å². The Morgan fingerprint density at radius 3 is 2.36 bits per heavy atom. The Kier molecular flexibility index (Phi) is 6.26. The lowest BCUT2D eigenvalue weighted by atomic mass is 10.0. The van der Waals surface area contributed by atoms with Gasteiger partial charge in [0.1, 0.15) is 11.5 Å². The molecule has 1 aromatic heterocycles. The summed E-state index contributed by atoms with van der Waals surface area (Å²) in [6, 6.07) is 15.3. The van der Waals surface area contributed by atoms with Crippen molar-refractivity contribution in [3.05, 3.63) is 65.5 Å². The molecule has 1 N–H and O–H groups in total. The van der Waals surface area contributed by atoms with Gasteiger partial charge >= 0.3 is 6.01 Å². The van der Waals surface area contributed by atoms with E-state index < -0.39 is 0 Å². The van der Waals surface area contributed by atoms with Crippen LogP contribution in [0.5, 0.6) is 11.5 Å². The molecule has 7 nitrogen and oxygen atoms in total. The summed E-state index contributed by atoms with van der Waals surface area (Å²) in [6.07, 6.45) is 0.504. The van der Waals surface area contributed by atoms with E-state index in [2.05, 4.69) is 41.5 Å². The molecule has 0 atom stereocenters. The number of amides is 1. The standard InChI is InChI=1S/C21H23N3O4/c1-14(2)16-6-4-15(5-7-16)12-20-23-24-21(28-20)22-19(25)13-27-18-10-8-17(26-3)9-11-18/h4-11,14H,12-13H2,1-3H3,(H,22,24,25). The SMILES string of the molecule is COc1ccc(OCC(=O)Nc2nnc(Cc3ccc(C(C)C)cc3)o2)cc1. The number of carbonyl (C=O) groups excluding carboxylic acids is 1. The van der Waals surface area contributed by atoms with Gasteiger partial charge in [-0.3, -0.25) is 10.1 Å². The first-order chi connectivity index (χ1) is 13.5. The molecule has 0 saturated carbocycles. The highest BCUT2D eigenvalue weighted by atomic mass is 16.5. The molecule has 0 fully saturated rings. The predicted molar refractivity (Wildman–Crippen MR) is 105 cm³/mol. The smallest absolute Gasteiger partial charge is 0.322 e. The fourth-order valence-electron chi connectivity index (χ4n) is 2.55. The molecule has 0 saturated heterocycles. The normalized spacial score (nSPS) is 10.7. The lowest BCUT2D eigenvalue weighted by Gasteiger charge is -2.06. The Hall–Kier alpha value is -3.35. The van der Waals surface area contributed by atoms with Crippen molar-refractivity contribution in [2.24, 2.45) is 0 Å². The zero-order valence-corrected chi connectivity index (χ0v) is 16.1. The largest absolute Gasteiger partial charge is 0.497 e. The van der Waals surface area contributed by atoms with Crippen LogP contribution in [0.1, 0.15) is 36.8 Å². The van der Waals surface area contributed by atoms with Crippen LogP contribution in [-0.2, 0) is 11.2 Å². The van der Waals surface area contributed by atoms with Crippen molar-refractivity contribution in [3.63, 3.8) is 0 Å². The summed E-state index contributed by atoms with van der Waals surface area (Å²) in [4.78, 5) is 12.0. The summed E-state index contributed by atoms with van der Waals surface area (Å²) in [7, 11) is 1.59. The third-order valence-corrected chi connectivity index (χ3v) is 4.14. The number of carbonyl (C=O) groups is 1. The van der Waals surface area contributed by atoms with Gasteiger partial charge in [0.05, 0.1) is 13.5 Å². The van der Waals surface area contributed by atoms with E-state index in [1.165, 1.54) is 5.56 Å². The van der Waals surface area contributed by atoms with E-state index in [-0.39, 0.29) is 18.5 Å². The van der Waals surface area contributed by atoms with Gasteiger partial charge in [0.15, 0.2) is 6.61 Å². The van der Waals surface area contributed by atoms with Crippen LogP contribution in [0.3, 0.4) is 0 Å². The molecule has 0 aliphatic heterocycles. The highest BCUT2D eigenvalue weighted by molar-refractivity contribution is 5.89. The number of nitrogens with zero attached hydrogens (tertiary/aromatic N) is 2. The first-order valence-electron chi connectivity index (χ1n) is 9.01. The van der Waals surface area contributed by atoms with Gasteiger partial charge < -0.3 is 13.9 Å². The second-order valence-corrected chi connectivity index (χ2v) is 6.59. The van der Waals surface area contributed by atoms with Crippen LogP contribution < -0.4 is 14.8 Å². The summed E-state index contributed by atoms with van der Waals surface area (Å²) < 4.78 is 16.0. The van der Waals surface area contributed by atoms with Gasteiger partial charge in [0.25, 0.3) is 5.91 Å². The molecule has 1 amide bonds. The number of aromatic nitrogens is 2. The van der Waals surface area contributed by atoms with E-state index in [9.17, 15) is 4.79 Å². The number of methoxy groups -OCH3 is 1. The van der Waals surface area contributed by atoms with E-state index in [0.29, 0.717) is 29.7 Å². The predicted octanol–water partition coefficient (Wildman–Crippen LogP) is 3.81. The molecule has 3 rings (SSSR count). The van der Waals surface area contributed by atoms with Crippen LogP contribution in [0.4, 0.5) is 6.01 Å². The number of rotatable bonds is 8. The number of anilines is 1. The van der Waals surface area contributed by atoms with Gasteiger partial charge in [-0.2, -0.15) is 0 Å². The lowest BCUT2D eigenvalue weighted by molar-refractivity contribution is -0.118. The Morgan fingerprint density at radius 2 is 1.71 bits per heavy atom. The molecular weight excluding hydrogens is 358 g/mol. The Labute approximate surface area is 163 Å². The molecule has 0 bridgehead atoms. The maximum absolute atomic E-state index is 12.0. The highest BCUT2D eigenvalue weighted by Crippen LogP contribution is 2.18. The number of nitrogens with one attached hydrogen (secondary N) is 1. The van der Waals surface area contributed by atoms with Crippen molar-refractivity contribution in [2.75, 3.05) is 19.0 Å². The second kappa shape index (κ2) is 9.03. The zero-order chi connectivity index (χ0) is 19.9. The number of hydrogen-bond donors (Lipinski definition) is 1. The molecule has 0 spiro atoms. The van der Waals surface area contributed by atoms with Gasteiger partial charge in [-0.15, -0.1) is 5.10 Å². The molecule has 1 heterocycles. The molecule has 3 aromatic rings. The lowest BCUT2D eigenvalue weighted by Crippen LogP contribution is -2.20. The first-order valence-corrected chi connectivity index (χ1v) is 9.01. The average Bonchev–Trinajstić information content (AvgIpc) is 3.13. The van der Waals surface area contributed by atoms with Crippen LogP contribution >= 0.6 is 0 Å². The van der Waals surface area contributed by atoms with Gasteiger partial charge in [0, 0.05) is 0 Å². The van der Waals surface area contributed by atoms with Crippen molar-refractivity contribution in [1.82, 2.24) is 10.2 Å². The summed E-state index contributed by atoms with van der Waals surface area (Å²) >= 11 is 0. The summed E-state index contributed by atoms with van der Waals surface area (Å²) in [5.74, 6) is 1.82. The maximum atomic E-state index is 12.0. The Balaban J connectivity index is 1.49. The Bertz CT molecular complexity index is 902. The van der Waals surface area contributed by atoms with Crippen LogP contribution in [0.2, 0.25) is 0 Å². The van der Waals surface area contributed by atoms with Crippen molar-refractivity contribution < 1.29 is 18.7 Å². The number of hydrogen-bond acceptors (Lipinski definition) is 6. The first kappa shape index (κ1) is 19.4. The molecular formula is C21H23N3O4. The van der Waals surface area contributed by atoms with Crippen molar-refractivity contribution in [2.45, 2.75) is 26.2 Å². The highest BCUT2D eigenvalue weighted by Gasteiger charge is 2.11. The monoisotopic (exact) mass is 381 g/mol. The molecule has 0 unspecified atom stereocenters. The molecule has 2 aromatic carbocycles. The van der Waals surface area contributed by atoms with E-state index >= 15 is 0 Å². The fourth-order valence-corrected chi connectivity index (χ4v) is 2.55. The van der Waals surface area contributed by atoms with E-state index in [1.54, 1.807) is 31.4 Å². The second-order valence-electron chi connectivity index (χ2n) is 6.59. The van der Waals surface area contributed by atoms with Crippen LogP contribution in [0, 0.1) is 0 Å². The van der Waals surface area contributed by atoms with Crippen molar-refractivity contribution in [1.29, 1.82) is 0 Å². The van der Waals surface area contributed by atoms with Crippen molar-refractivity contribution in [3.8, 4) is 11.5 Å². The minimum atomic E-state index is -0.382. The molecule has 0 radical (unpaired) electrons. The topological polar surface area (TPSA) is 86.5 Å². The zero-order valence-electron chi connectivity index (χ0n) is 16.1. The van der Waals surface area contributed by atoms with Crippen molar-refractivity contribution >= 4 is 11.9 Å². The third-order valence-electron chi connectivity index (χ3n) is 4.14. The van der Waals surface area contributed by atoms with Crippen LogP contribution in [0.25, 0.3) is 0 Å². The maximum Gasteiger partial charge on any atom is 0.322 e. The number of ether oxygens (including phenoxy) is 2. The third kappa shape index (κ3) is 5.33. The molecule has 0 aliphatic rings. The van der Waals surface area contributed by atoms with Gasteiger partial charge in [-0.05, 0) is 41.3 Å². The minimum absolute atomic E-state index is 0.0529. The van der Waals surface area contributed by atoms with Gasteiger partial charge in [0.2, 0.25) is 5.89 Å². The average molecular weight is 381 g/mol. The summed E-state index contributed by atoms with van der Waals surface area (Å²) in [5.41, 5.74) is 2.34. The van der Waals surface area contributed by atoms with Gasteiger partial charge in [-0.25, -0.2) is 0 Å². The van der Waals surface area contributed by atoms with Crippen LogP contribution in [0.15, 0.2) is 52.9 Å². The van der Waals surface area contributed by atoms with E-state index in [0.717, 1.165) is 5.56 Å². The minimum Gasteiger partial charge on any atom is -0.497 e. The molecule has 7 heteroatoms. The Morgan fingerprint density at radius 1 is 1.04 bits per heavy atom.